The summed E-state index contributed by atoms with van der Waals surface area (Å²) in [7, 11) is 1.85. The van der Waals surface area contributed by atoms with Crippen molar-refractivity contribution in [3.05, 3.63) is 60.7 Å². The fourth-order valence-corrected chi connectivity index (χ4v) is 3.41. The largest absolute Gasteiger partial charge is 0.480 e. The molecule has 1 atom stereocenters. The Morgan fingerprint density at radius 2 is 1.96 bits per heavy atom. The van der Waals surface area contributed by atoms with Gasteiger partial charge in [-0.15, -0.1) is 0 Å². The molecule has 0 aliphatic rings. The van der Waals surface area contributed by atoms with Crippen molar-refractivity contribution in [1.29, 1.82) is 0 Å². The molecule has 8 heteroatoms. The van der Waals surface area contributed by atoms with Crippen molar-refractivity contribution in [1.82, 2.24) is 34.3 Å². The van der Waals surface area contributed by atoms with Crippen LogP contribution in [0.4, 0.5) is 0 Å². The van der Waals surface area contributed by atoms with E-state index in [-0.39, 0.29) is 12.1 Å². The number of nitrogens with zero attached hydrogens (tertiary/aromatic N) is 7. The lowest BCUT2D eigenvalue weighted by Crippen LogP contribution is -2.07. The number of fused-ring (bicyclic) bond motifs is 2. The van der Waals surface area contributed by atoms with Gasteiger partial charge in [-0.25, -0.2) is 9.97 Å². The molecule has 1 unspecified atom stereocenters. The normalized spacial score (nSPS) is 12.6. The summed E-state index contributed by atoms with van der Waals surface area (Å²) in [6, 6.07) is 9.67. The van der Waals surface area contributed by atoms with Gasteiger partial charge < -0.3 is 5.11 Å². The summed E-state index contributed by atoms with van der Waals surface area (Å²) in [5.74, 6) is 0. The van der Waals surface area contributed by atoms with Crippen LogP contribution >= 0.6 is 0 Å². The van der Waals surface area contributed by atoms with Crippen LogP contribution in [0, 0.1) is 0 Å². The minimum absolute atomic E-state index is 0.114. The number of pyridine rings is 1. The maximum absolute atomic E-state index is 10.5. The van der Waals surface area contributed by atoms with Crippen LogP contribution in [0.2, 0.25) is 0 Å². The molecule has 1 N–H and O–H groups in total. The summed E-state index contributed by atoms with van der Waals surface area (Å²) in [6.07, 6.45) is 7.02. The number of aromatic nitrogens is 7. The highest BCUT2D eigenvalue weighted by Crippen LogP contribution is 2.30. The van der Waals surface area contributed by atoms with Crippen LogP contribution in [0.5, 0.6) is 6.01 Å². The molecule has 4 heterocycles. The van der Waals surface area contributed by atoms with Crippen LogP contribution in [-0.4, -0.2) is 39.4 Å². The molecule has 0 aliphatic heterocycles. The van der Waals surface area contributed by atoms with Gasteiger partial charge in [0.2, 0.25) is 5.65 Å². The number of hydrogen-bond acceptors (Lipinski definition) is 6. The summed E-state index contributed by atoms with van der Waals surface area (Å²) in [4.78, 5) is 17.6. The Morgan fingerprint density at radius 1 is 1.07 bits per heavy atom. The highest BCUT2D eigenvalue weighted by molar-refractivity contribution is 5.79. The summed E-state index contributed by atoms with van der Waals surface area (Å²) >= 11 is 0. The number of hydrogen-bond donors (Lipinski definition) is 1. The first-order valence-electron chi connectivity index (χ1n) is 8.88. The van der Waals surface area contributed by atoms with Gasteiger partial charge in [0, 0.05) is 30.4 Å². The molecular formula is C20H17N7O. The van der Waals surface area contributed by atoms with E-state index in [4.69, 9.17) is 4.98 Å². The fraction of sp³-hybridized carbons (Fsp3) is 0.150. The van der Waals surface area contributed by atoms with Crippen molar-refractivity contribution in [3.8, 4) is 17.3 Å². The first-order valence-corrected chi connectivity index (χ1v) is 8.88. The Balaban J connectivity index is 1.64. The molecule has 0 bridgehead atoms. The first kappa shape index (κ1) is 16.4. The fourth-order valence-electron chi connectivity index (χ4n) is 3.41. The second-order valence-corrected chi connectivity index (χ2v) is 6.72. The van der Waals surface area contributed by atoms with Crippen LogP contribution in [0.15, 0.2) is 55.1 Å². The second-order valence-electron chi connectivity index (χ2n) is 6.72. The summed E-state index contributed by atoms with van der Waals surface area (Å²) < 4.78 is 3.40. The van der Waals surface area contributed by atoms with E-state index < -0.39 is 0 Å². The van der Waals surface area contributed by atoms with Crippen LogP contribution < -0.4 is 0 Å². The molecule has 0 radical (unpaired) electrons. The molecular weight excluding hydrogens is 354 g/mol. The summed E-state index contributed by atoms with van der Waals surface area (Å²) in [5.41, 5.74) is 4.41. The number of aryl methyl sites for hydroxylation is 1. The minimum Gasteiger partial charge on any atom is -0.480 e. The monoisotopic (exact) mass is 371 g/mol. The number of imidazole rings is 1. The Hall–Kier alpha value is -3.81. The van der Waals surface area contributed by atoms with E-state index >= 15 is 0 Å². The molecule has 1 aromatic carbocycles. The van der Waals surface area contributed by atoms with Gasteiger partial charge in [-0.05, 0) is 30.7 Å². The van der Waals surface area contributed by atoms with E-state index in [9.17, 15) is 5.11 Å². The molecule has 5 rings (SSSR count). The average molecular weight is 371 g/mol. The second kappa shape index (κ2) is 6.12. The van der Waals surface area contributed by atoms with Crippen molar-refractivity contribution in [2.45, 2.75) is 13.0 Å². The van der Waals surface area contributed by atoms with Gasteiger partial charge in [-0.3, -0.25) is 14.2 Å². The van der Waals surface area contributed by atoms with Crippen molar-refractivity contribution in [2.75, 3.05) is 0 Å². The highest BCUT2D eigenvalue weighted by atomic mass is 16.3. The maximum Gasteiger partial charge on any atom is 0.298 e. The van der Waals surface area contributed by atoms with Gasteiger partial charge in [0.25, 0.3) is 6.01 Å². The predicted molar refractivity (Wildman–Crippen MR) is 105 cm³/mol. The highest BCUT2D eigenvalue weighted by Gasteiger charge is 2.20. The Morgan fingerprint density at radius 3 is 2.79 bits per heavy atom. The zero-order valence-corrected chi connectivity index (χ0v) is 15.4. The van der Waals surface area contributed by atoms with Gasteiger partial charge >= 0.3 is 0 Å². The van der Waals surface area contributed by atoms with E-state index in [0.717, 1.165) is 22.0 Å². The summed E-state index contributed by atoms with van der Waals surface area (Å²) in [6.45, 7) is 2.00. The van der Waals surface area contributed by atoms with E-state index in [0.29, 0.717) is 17.0 Å². The van der Waals surface area contributed by atoms with Crippen LogP contribution in [0.3, 0.4) is 0 Å². The third-order valence-corrected chi connectivity index (χ3v) is 4.88. The molecule has 0 aliphatic carbocycles. The van der Waals surface area contributed by atoms with E-state index in [1.165, 1.54) is 0 Å². The zero-order chi connectivity index (χ0) is 19.3. The van der Waals surface area contributed by atoms with Crippen molar-refractivity contribution in [3.63, 3.8) is 0 Å². The van der Waals surface area contributed by atoms with E-state index in [1.54, 1.807) is 27.8 Å². The van der Waals surface area contributed by atoms with Crippen LogP contribution in [0.25, 0.3) is 33.5 Å². The molecule has 4 aromatic heterocycles. The molecule has 0 amide bonds. The van der Waals surface area contributed by atoms with E-state index in [2.05, 4.69) is 26.1 Å². The molecule has 0 fully saturated rings. The predicted octanol–water partition coefficient (Wildman–Crippen LogP) is 3.09. The third-order valence-electron chi connectivity index (χ3n) is 4.88. The topological polar surface area (TPSA) is 94.5 Å². The van der Waals surface area contributed by atoms with E-state index in [1.807, 2.05) is 44.4 Å². The third kappa shape index (κ3) is 2.58. The molecule has 0 saturated heterocycles. The lowest BCUT2D eigenvalue weighted by molar-refractivity contribution is 0.393. The number of benzene rings is 1. The Kier molecular flexibility index (Phi) is 3.58. The number of aromatic hydroxyl groups is 1. The quantitative estimate of drug-likeness (QED) is 0.524. The van der Waals surface area contributed by atoms with Gasteiger partial charge in [0.1, 0.15) is 0 Å². The standard InChI is InChI=1S/C20H17N7O/c1-12(13-5-6-16-14(8-13)4-3-7-21-16)27-19-18(25-20(27)28)22-10-17(24-19)15-9-23-26(2)11-15/h3-12H,1-2H3,(H,22,25,28). The smallest absolute Gasteiger partial charge is 0.298 e. The van der Waals surface area contributed by atoms with Gasteiger partial charge in [0.05, 0.1) is 29.6 Å². The molecule has 138 valence electrons. The zero-order valence-electron chi connectivity index (χ0n) is 15.4. The summed E-state index contributed by atoms with van der Waals surface area (Å²) in [5, 5.41) is 15.7. The average Bonchev–Trinajstić information content (AvgIpc) is 3.28. The van der Waals surface area contributed by atoms with Gasteiger partial charge in [-0.1, -0.05) is 12.1 Å². The molecule has 5 aromatic rings. The SMILES string of the molecule is CC(c1ccc2ncccc2c1)n1c(O)nc2ncc(-c3cnn(C)c3)nc21. The first-order chi connectivity index (χ1) is 13.6. The Labute approximate surface area is 160 Å². The van der Waals surface area contributed by atoms with Gasteiger partial charge in [0.15, 0.2) is 5.65 Å². The molecule has 28 heavy (non-hydrogen) atoms. The molecule has 8 nitrogen and oxygen atoms in total. The van der Waals surface area contributed by atoms with Crippen molar-refractivity contribution >= 4 is 22.2 Å². The van der Waals surface area contributed by atoms with Crippen molar-refractivity contribution in [2.24, 2.45) is 7.05 Å². The Bertz CT molecular complexity index is 1320. The maximum atomic E-state index is 10.5. The lowest BCUT2D eigenvalue weighted by atomic mass is 10.1. The van der Waals surface area contributed by atoms with Gasteiger partial charge in [-0.2, -0.15) is 10.1 Å². The van der Waals surface area contributed by atoms with Crippen molar-refractivity contribution < 1.29 is 5.11 Å². The molecule has 0 spiro atoms. The van der Waals surface area contributed by atoms with Crippen LogP contribution in [0.1, 0.15) is 18.5 Å². The molecule has 0 saturated carbocycles. The van der Waals surface area contributed by atoms with Crippen LogP contribution in [-0.2, 0) is 7.05 Å². The number of rotatable bonds is 3. The lowest BCUT2D eigenvalue weighted by Gasteiger charge is -2.15. The minimum atomic E-state index is -0.187.